The number of aliphatic hydroxyl groups is 1. The van der Waals surface area contributed by atoms with Crippen molar-refractivity contribution in [3.63, 3.8) is 0 Å². The molecule has 0 aromatic carbocycles. The van der Waals surface area contributed by atoms with Crippen LogP contribution in [0, 0.1) is 0 Å². The molecule has 1 aliphatic rings. The van der Waals surface area contributed by atoms with Crippen LogP contribution in [0.4, 0.5) is 0 Å². The molecule has 0 bridgehead atoms. The van der Waals surface area contributed by atoms with Crippen molar-refractivity contribution in [1.82, 2.24) is 10.2 Å². The van der Waals surface area contributed by atoms with E-state index in [0.717, 1.165) is 13.1 Å². The van der Waals surface area contributed by atoms with E-state index >= 15 is 0 Å². The van der Waals surface area contributed by atoms with Gasteiger partial charge in [-0.2, -0.15) is 0 Å². The van der Waals surface area contributed by atoms with Crippen molar-refractivity contribution in [2.24, 2.45) is 0 Å². The summed E-state index contributed by atoms with van der Waals surface area (Å²) in [6.45, 7) is 6.78. The number of aliphatic hydroxyl groups excluding tert-OH is 1. The van der Waals surface area contributed by atoms with E-state index < -0.39 is 0 Å². The zero-order valence-electron chi connectivity index (χ0n) is 7.59. The lowest BCUT2D eigenvalue weighted by Crippen LogP contribution is -2.45. The van der Waals surface area contributed by atoms with Crippen LogP contribution in [0.3, 0.4) is 0 Å². The maximum absolute atomic E-state index is 9.39. The van der Waals surface area contributed by atoms with Gasteiger partial charge in [-0.15, -0.1) is 0 Å². The molecule has 0 aromatic heterocycles. The van der Waals surface area contributed by atoms with Crippen LogP contribution in [0.25, 0.3) is 0 Å². The van der Waals surface area contributed by atoms with Gasteiger partial charge in [0.1, 0.15) is 0 Å². The SMILES string of the molecule is CN1CC(O)CNC(C)(C)C1. The molecule has 1 heterocycles. The standard InChI is InChI=1S/C8H18N2O/c1-8(2)6-10(3)5-7(11)4-9-8/h7,9,11H,4-6H2,1-3H3. The Balaban J connectivity index is 2.53. The molecule has 1 aliphatic heterocycles. The third kappa shape index (κ3) is 2.77. The second kappa shape index (κ2) is 3.09. The number of hydrogen-bond donors (Lipinski definition) is 2. The van der Waals surface area contributed by atoms with Crippen LogP contribution in [-0.2, 0) is 0 Å². The van der Waals surface area contributed by atoms with Gasteiger partial charge in [0.25, 0.3) is 0 Å². The summed E-state index contributed by atoms with van der Waals surface area (Å²) in [5.74, 6) is 0. The first-order valence-electron chi connectivity index (χ1n) is 4.11. The van der Waals surface area contributed by atoms with E-state index in [1.807, 2.05) is 7.05 Å². The summed E-state index contributed by atoms with van der Waals surface area (Å²) in [5, 5.41) is 12.7. The Morgan fingerprint density at radius 2 is 2.18 bits per heavy atom. The molecule has 1 rings (SSSR count). The van der Waals surface area contributed by atoms with Gasteiger partial charge in [-0.25, -0.2) is 0 Å². The third-order valence-electron chi connectivity index (χ3n) is 2.00. The van der Waals surface area contributed by atoms with Crippen LogP contribution < -0.4 is 5.32 Å². The highest BCUT2D eigenvalue weighted by molar-refractivity contribution is 4.86. The van der Waals surface area contributed by atoms with Gasteiger partial charge in [-0.3, -0.25) is 0 Å². The number of hydrogen-bond acceptors (Lipinski definition) is 3. The summed E-state index contributed by atoms with van der Waals surface area (Å²) in [5.41, 5.74) is 0.131. The van der Waals surface area contributed by atoms with E-state index in [0.29, 0.717) is 6.54 Å². The normalized spacial score (nSPS) is 33.3. The van der Waals surface area contributed by atoms with Crippen molar-refractivity contribution in [3.8, 4) is 0 Å². The maximum atomic E-state index is 9.39. The molecule has 11 heavy (non-hydrogen) atoms. The Bertz CT molecular complexity index is 136. The summed E-state index contributed by atoms with van der Waals surface area (Å²) in [4.78, 5) is 2.16. The minimum atomic E-state index is -0.221. The first-order chi connectivity index (χ1) is 4.99. The Hall–Kier alpha value is -0.120. The van der Waals surface area contributed by atoms with Crippen molar-refractivity contribution in [2.45, 2.75) is 25.5 Å². The van der Waals surface area contributed by atoms with Gasteiger partial charge in [-0.05, 0) is 20.9 Å². The highest BCUT2D eigenvalue weighted by atomic mass is 16.3. The van der Waals surface area contributed by atoms with Gasteiger partial charge < -0.3 is 15.3 Å². The lowest BCUT2D eigenvalue weighted by atomic mass is 10.1. The number of nitrogens with zero attached hydrogens (tertiary/aromatic N) is 1. The molecular formula is C8H18N2O. The summed E-state index contributed by atoms with van der Waals surface area (Å²) in [7, 11) is 2.04. The minimum absolute atomic E-state index is 0.131. The molecule has 0 aromatic rings. The van der Waals surface area contributed by atoms with Gasteiger partial charge in [0.05, 0.1) is 6.10 Å². The number of nitrogens with one attached hydrogen (secondary N) is 1. The first-order valence-corrected chi connectivity index (χ1v) is 4.11. The lowest BCUT2D eigenvalue weighted by Gasteiger charge is -2.27. The molecule has 0 saturated carbocycles. The molecule has 1 atom stereocenters. The van der Waals surface area contributed by atoms with E-state index in [1.54, 1.807) is 0 Å². The Morgan fingerprint density at radius 3 is 2.82 bits per heavy atom. The minimum Gasteiger partial charge on any atom is -0.390 e. The van der Waals surface area contributed by atoms with E-state index in [1.165, 1.54) is 0 Å². The number of likely N-dealkylation sites (N-methyl/N-ethyl adjacent to an activating group) is 1. The fourth-order valence-corrected chi connectivity index (χ4v) is 1.61. The molecule has 3 heteroatoms. The highest BCUT2D eigenvalue weighted by Gasteiger charge is 2.25. The van der Waals surface area contributed by atoms with Crippen LogP contribution in [0.1, 0.15) is 13.8 Å². The van der Waals surface area contributed by atoms with Crippen LogP contribution in [0.15, 0.2) is 0 Å². The fourth-order valence-electron chi connectivity index (χ4n) is 1.61. The lowest BCUT2D eigenvalue weighted by molar-refractivity contribution is 0.142. The van der Waals surface area contributed by atoms with Gasteiger partial charge in [0.2, 0.25) is 0 Å². The van der Waals surface area contributed by atoms with Crippen LogP contribution in [-0.4, -0.2) is 48.3 Å². The summed E-state index contributed by atoms with van der Waals surface area (Å²) in [6, 6.07) is 0. The molecule has 0 spiro atoms. The molecule has 0 radical (unpaired) electrons. The largest absolute Gasteiger partial charge is 0.390 e. The summed E-state index contributed by atoms with van der Waals surface area (Å²) in [6.07, 6.45) is -0.221. The second-order valence-corrected chi connectivity index (χ2v) is 4.12. The first kappa shape index (κ1) is 8.97. The molecule has 0 amide bonds. The monoisotopic (exact) mass is 158 g/mol. The average Bonchev–Trinajstić information content (AvgIpc) is 1.90. The number of β-amino-alcohol motifs (C(OH)–C–C–N with tert-alkyl or cyclic N) is 1. The van der Waals surface area contributed by atoms with E-state index in [9.17, 15) is 5.11 Å². The zero-order valence-corrected chi connectivity index (χ0v) is 7.59. The van der Waals surface area contributed by atoms with Gasteiger partial charge in [0.15, 0.2) is 0 Å². The summed E-state index contributed by atoms with van der Waals surface area (Å²) < 4.78 is 0. The average molecular weight is 158 g/mol. The summed E-state index contributed by atoms with van der Waals surface area (Å²) >= 11 is 0. The molecule has 1 saturated heterocycles. The van der Waals surface area contributed by atoms with Crippen molar-refractivity contribution in [2.75, 3.05) is 26.7 Å². The fraction of sp³-hybridized carbons (Fsp3) is 1.00. The Labute approximate surface area is 68.4 Å². The van der Waals surface area contributed by atoms with E-state index in [-0.39, 0.29) is 11.6 Å². The Kier molecular flexibility index (Phi) is 2.52. The van der Waals surface area contributed by atoms with Crippen LogP contribution in [0.5, 0.6) is 0 Å². The van der Waals surface area contributed by atoms with Crippen molar-refractivity contribution in [3.05, 3.63) is 0 Å². The molecule has 1 fully saturated rings. The second-order valence-electron chi connectivity index (χ2n) is 4.12. The zero-order chi connectivity index (χ0) is 8.48. The number of rotatable bonds is 0. The van der Waals surface area contributed by atoms with E-state index in [4.69, 9.17) is 0 Å². The van der Waals surface area contributed by atoms with Crippen molar-refractivity contribution in [1.29, 1.82) is 0 Å². The topological polar surface area (TPSA) is 35.5 Å². The molecule has 0 aliphatic carbocycles. The molecule has 2 N–H and O–H groups in total. The molecular weight excluding hydrogens is 140 g/mol. The van der Waals surface area contributed by atoms with Crippen molar-refractivity contribution < 1.29 is 5.11 Å². The predicted molar refractivity (Wildman–Crippen MR) is 45.6 cm³/mol. The molecule has 3 nitrogen and oxygen atoms in total. The van der Waals surface area contributed by atoms with Crippen molar-refractivity contribution >= 4 is 0 Å². The Morgan fingerprint density at radius 1 is 1.55 bits per heavy atom. The quantitative estimate of drug-likeness (QED) is 0.506. The van der Waals surface area contributed by atoms with Gasteiger partial charge in [0, 0.05) is 25.2 Å². The molecule has 1 unspecified atom stereocenters. The van der Waals surface area contributed by atoms with Crippen LogP contribution in [0.2, 0.25) is 0 Å². The van der Waals surface area contributed by atoms with Gasteiger partial charge >= 0.3 is 0 Å². The smallest absolute Gasteiger partial charge is 0.0791 e. The van der Waals surface area contributed by atoms with Crippen LogP contribution >= 0.6 is 0 Å². The third-order valence-corrected chi connectivity index (χ3v) is 2.00. The maximum Gasteiger partial charge on any atom is 0.0791 e. The highest BCUT2D eigenvalue weighted by Crippen LogP contribution is 2.08. The predicted octanol–water partition coefficient (Wildman–Crippen LogP) is -0.339. The van der Waals surface area contributed by atoms with Gasteiger partial charge in [-0.1, -0.05) is 0 Å². The van der Waals surface area contributed by atoms with E-state index in [2.05, 4.69) is 24.1 Å². The molecule has 66 valence electrons.